The van der Waals surface area contributed by atoms with Gasteiger partial charge in [0.05, 0.1) is 17.6 Å². The molecule has 3 rings (SSSR count). The highest BCUT2D eigenvalue weighted by Gasteiger charge is 2.70. The van der Waals surface area contributed by atoms with Crippen LogP contribution < -0.4 is 0 Å². The highest BCUT2D eigenvalue weighted by atomic mass is 28.4. The summed E-state index contributed by atoms with van der Waals surface area (Å²) >= 11 is 0. The summed E-state index contributed by atoms with van der Waals surface area (Å²) in [6.45, 7) is 17.5. The SMILES string of the molecule is C=C1[C@H](C2(C(=O)O)CCC(=O)CC2)[C@@H](OCOC)[C@H](O[Si](C)(C)C(C)(C)C)[C@@]2(C)C=CC[C@]12OCOC. The summed E-state index contributed by atoms with van der Waals surface area (Å²) in [6.07, 6.45) is 4.35. The first kappa shape index (κ1) is 30.2. The van der Waals surface area contributed by atoms with Crippen molar-refractivity contribution < 1.29 is 38.1 Å². The van der Waals surface area contributed by atoms with Gasteiger partial charge in [0.25, 0.3) is 0 Å². The Hall–Kier alpha value is -1.36. The van der Waals surface area contributed by atoms with Gasteiger partial charge in [-0.15, -0.1) is 0 Å². The van der Waals surface area contributed by atoms with E-state index >= 15 is 0 Å². The van der Waals surface area contributed by atoms with E-state index in [2.05, 4.69) is 59.5 Å². The van der Waals surface area contributed by atoms with Crippen LogP contribution in [-0.4, -0.2) is 70.8 Å². The van der Waals surface area contributed by atoms with Crippen molar-refractivity contribution in [3.8, 4) is 0 Å². The largest absolute Gasteiger partial charge is 0.481 e. The second-order valence-corrected chi connectivity index (χ2v) is 17.4. The Bertz CT molecular complexity index is 912. The number of carbonyl (C=O) groups is 2. The minimum absolute atomic E-state index is 0.0217. The van der Waals surface area contributed by atoms with Crippen molar-refractivity contribution in [3.05, 3.63) is 24.3 Å². The van der Waals surface area contributed by atoms with Crippen LogP contribution in [0, 0.1) is 16.7 Å². The number of methoxy groups -OCH3 is 2. The Labute approximate surface area is 222 Å². The van der Waals surface area contributed by atoms with Crippen LogP contribution in [0.1, 0.15) is 59.8 Å². The average Bonchev–Trinajstić information content (AvgIpc) is 3.17. The molecule has 0 radical (unpaired) electrons. The predicted molar refractivity (Wildman–Crippen MR) is 143 cm³/mol. The summed E-state index contributed by atoms with van der Waals surface area (Å²) in [5.41, 5.74) is -2.23. The Morgan fingerprint density at radius 1 is 1.16 bits per heavy atom. The monoisotopic (exact) mass is 538 g/mol. The molecule has 1 N–H and O–H groups in total. The van der Waals surface area contributed by atoms with Crippen LogP contribution in [-0.2, 0) is 33.0 Å². The predicted octanol–water partition coefficient (Wildman–Crippen LogP) is 5.09. The number of Topliss-reactive ketones (excluding diaryl/α,β-unsaturated/α-hetero) is 1. The second-order valence-electron chi connectivity index (χ2n) is 12.6. The van der Waals surface area contributed by atoms with E-state index in [1.54, 1.807) is 14.2 Å². The Morgan fingerprint density at radius 2 is 1.76 bits per heavy atom. The molecule has 9 heteroatoms. The third-order valence-electron chi connectivity index (χ3n) is 9.60. The van der Waals surface area contributed by atoms with Crippen LogP contribution in [0.15, 0.2) is 24.3 Å². The summed E-state index contributed by atoms with van der Waals surface area (Å²) in [4.78, 5) is 25.4. The molecule has 0 aromatic heterocycles. The molecule has 3 aliphatic carbocycles. The zero-order valence-electron chi connectivity index (χ0n) is 23.8. The summed E-state index contributed by atoms with van der Waals surface area (Å²) in [7, 11) is 0.735. The van der Waals surface area contributed by atoms with Gasteiger partial charge in [0.15, 0.2) is 8.32 Å². The van der Waals surface area contributed by atoms with Crippen molar-refractivity contribution in [2.24, 2.45) is 16.7 Å². The van der Waals surface area contributed by atoms with E-state index in [1.807, 2.05) is 0 Å². The zero-order valence-corrected chi connectivity index (χ0v) is 24.8. The number of carbonyl (C=O) groups excluding carboxylic acids is 1. The Morgan fingerprint density at radius 3 is 2.27 bits per heavy atom. The highest BCUT2D eigenvalue weighted by molar-refractivity contribution is 6.74. The lowest BCUT2D eigenvalue weighted by molar-refractivity contribution is -0.241. The number of hydrogen-bond donors (Lipinski definition) is 1. The molecule has 0 bridgehead atoms. The molecule has 0 heterocycles. The first-order valence-electron chi connectivity index (χ1n) is 13.2. The molecule has 37 heavy (non-hydrogen) atoms. The molecule has 2 saturated carbocycles. The molecule has 3 aliphatic rings. The van der Waals surface area contributed by atoms with Gasteiger partial charge in [-0.1, -0.05) is 46.4 Å². The van der Waals surface area contributed by atoms with Crippen molar-refractivity contribution in [3.63, 3.8) is 0 Å². The smallest absolute Gasteiger partial charge is 0.310 e. The van der Waals surface area contributed by atoms with Gasteiger partial charge < -0.3 is 28.5 Å². The maximum atomic E-state index is 13.1. The minimum atomic E-state index is -2.38. The van der Waals surface area contributed by atoms with E-state index in [-0.39, 0.29) is 50.1 Å². The number of rotatable bonds is 10. The third kappa shape index (κ3) is 4.92. The van der Waals surface area contributed by atoms with E-state index in [4.69, 9.17) is 23.4 Å². The number of ketones is 1. The first-order chi connectivity index (χ1) is 17.1. The maximum Gasteiger partial charge on any atom is 0.310 e. The summed E-state index contributed by atoms with van der Waals surface area (Å²) in [6, 6.07) is 0. The van der Waals surface area contributed by atoms with E-state index < -0.39 is 48.8 Å². The number of ether oxygens (including phenoxy) is 4. The quantitative estimate of drug-likeness (QED) is 0.233. The van der Waals surface area contributed by atoms with Gasteiger partial charge in [0.1, 0.15) is 25.0 Å². The highest BCUT2D eigenvalue weighted by Crippen LogP contribution is 2.64. The first-order valence-corrected chi connectivity index (χ1v) is 16.1. The fourth-order valence-electron chi connectivity index (χ4n) is 6.35. The van der Waals surface area contributed by atoms with Crippen molar-refractivity contribution in [1.29, 1.82) is 0 Å². The molecule has 0 spiro atoms. The fourth-order valence-corrected chi connectivity index (χ4v) is 7.72. The van der Waals surface area contributed by atoms with Crippen molar-refractivity contribution in [1.82, 2.24) is 0 Å². The normalized spacial score (nSPS) is 34.0. The third-order valence-corrected chi connectivity index (χ3v) is 14.1. The van der Waals surface area contributed by atoms with E-state index in [9.17, 15) is 14.7 Å². The van der Waals surface area contributed by atoms with Crippen molar-refractivity contribution >= 4 is 20.1 Å². The molecule has 0 amide bonds. The zero-order chi connectivity index (χ0) is 27.9. The molecule has 2 fully saturated rings. The van der Waals surface area contributed by atoms with Crippen molar-refractivity contribution in [2.45, 2.75) is 95.7 Å². The molecule has 210 valence electrons. The van der Waals surface area contributed by atoms with Crippen LogP contribution in [0.3, 0.4) is 0 Å². The van der Waals surface area contributed by atoms with Crippen LogP contribution >= 0.6 is 0 Å². The Balaban J connectivity index is 2.27. The van der Waals surface area contributed by atoms with Crippen molar-refractivity contribution in [2.75, 3.05) is 27.8 Å². The number of carboxylic acids is 1. The second kappa shape index (κ2) is 10.7. The topological polar surface area (TPSA) is 101 Å². The van der Waals surface area contributed by atoms with Gasteiger partial charge >= 0.3 is 5.97 Å². The lowest BCUT2D eigenvalue weighted by atomic mass is 9.50. The van der Waals surface area contributed by atoms with Gasteiger partial charge in [-0.2, -0.15) is 0 Å². The number of fused-ring (bicyclic) bond motifs is 1. The molecular weight excluding hydrogens is 492 g/mol. The van der Waals surface area contributed by atoms with Gasteiger partial charge in [0.2, 0.25) is 0 Å². The summed E-state index contributed by atoms with van der Waals surface area (Å²) in [5.74, 6) is -1.52. The lowest BCUT2D eigenvalue weighted by Gasteiger charge is -2.62. The minimum Gasteiger partial charge on any atom is -0.481 e. The molecule has 0 aromatic carbocycles. The molecule has 0 aliphatic heterocycles. The van der Waals surface area contributed by atoms with E-state index in [0.29, 0.717) is 12.0 Å². The van der Waals surface area contributed by atoms with Gasteiger partial charge in [0, 0.05) is 38.4 Å². The van der Waals surface area contributed by atoms with Gasteiger partial charge in [-0.05, 0) is 43.0 Å². The number of hydrogen-bond acceptors (Lipinski definition) is 7. The summed E-state index contributed by atoms with van der Waals surface area (Å²) < 4.78 is 30.8. The van der Waals surface area contributed by atoms with Crippen LogP contribution in [0.4, 0.5) is 0 Å². The average molecular weight is 539 g/mol. The lowest BCUT2D eigenvalue weighted by Crippen LogP contribution is -2.70. The number of aliphatic carboxylic acids is 1. The molecular formula is C28H46O8Si. The molecule has 0 aromatic rings. The summed E-state index contributed by atoms with van der Waals surface area (Å²) in [5, 5.41) is 10.7. The van der Waals surface area contributed by atoms with Gasteiger partial charge in [-0.3, -0.25) is 9.59 Å². The number of carboxylic acid groups (broad SMARTS) is 1. The van der Waals surface area contributed by atoms with E-state index in [1.165, 1.54) is 0 Å². The van der Waals surface area contributed by atoms with Crippen LogP contribution in [0.2, 0.25) is 18.1 Å². The van der Waals surface area contributed by atoms with Crippen LogP contribution in [0.5, 0.6) is 0 Å². The standard InChI is InChI=1S/C28H46O8Si/c1-19-21(27(24(30)31)15-11-20(29)12-16-27)22(34-17-32-6)23(36-37(8,9)25(2,3)4)26(5)13-10-14-28(19,26)35-18-33-7/h10,13,21-23H,1,11-12,14-18H2,2-9H3,(H,30,31)/t21-,22+,23-,26+,28-/m0/s1. The molecule has 8 nitrogen and oxygen atoms in total. The Kier molecular flexibility index (Phi) is 8.69. The molecule has 0 unspecified atom stereocenters. The maximum absolute atomic E-state index is 13.1. The van der Waals surface area contributed by atoms with Crippen LogP contribution in [0.25, 0.3) is 0 Å². The fraction of sp³-hybridized carbons (Fsp3) is 0.786. The molecule has 5 atom stereocenters. The molecule has 0 saturated heterocycles. The van der Waals surface area contributed by atoms with E-state index in [0.717, 1.165) is 0 Å². The van der Waals surface area contributed by atoms with Gasteiger partial charge in [-0.25, -0.2) is 0 Å².